The predicted molar refractivity (Wildman–Crippen MR) is 251 cm³/mol. The summed E-state index contributed by atoms with van der Waals surface area (Å²) in [5.74, 6) is -8.63. The van der Waals surface area contributed by atoms with Crippen molar-refractivity contribution in [3.05, 3.63) is 83.0 Å². The average Bonchev–Trinajstić information content (AvgIpc) is 3.78. The van der Waals surface area contributed by atoms with E-state index < -0.39 is 96.2 Å². The first-order valence-electron chi connectivity index (χ1n) is 22.6. The summed E-state index contributed by atoms with van der Waals surface area (Å²) >= 11 is 0. The lowest BCUT2D eigenvalue weighted by molar-refractivity contribution is -0.183. The van der Waals surface area contributed by atoms with Gasteiger partial charge in [-0.2, -0.15) is 26.3 Å². The van der Waals surface area contributed by atoms with E-state index in [9.17, 15) is 45.8 Å². The third kappa shape index (κ3) is 15.8. The van der Waals surface area contributed by atoms with Crippen LogP contribution in [0, 0.1) is 11.8 Å². The molecule has 0 aromatic heterocycles. The van der Waals surface area contributed by atoms with Crippen molar-refractivity contribution < 1.29 is 103 Å². The number of carbonyl (C=O) groups is 3. The standard InChI is InChI=1S/C25H31F3O8.C25H29F3O8.CH4/c2*1-14-17(25(26,27)28)9-10-18(29)22-19(35-24(2,3)36-22)8-6-7-15-11-16(32-5)12-20(33-13-31-4)21(15)23(30)34-14;/h6-7,9-12,14,17-19,22,29H,8,13H2,1-5H3;6-7,9-12,14,17,19,22H,8,13H2,1-5H3;1H4/b2*7-6+,10-9-;/t14?,17?,18?,19-,22?;14?,17?,19-,22?;/m00./s1. The van der Waals surface area contributed by atoms with E-state index in [1.807, 2.05) is 0 Å². The fourth-order valence-corrected chi connectivity index (χ4v) is 8.17. The molecule has 2 aromatic rings. The molecule has 16 nitrogen and oxygen atoms in total. The van der Waals surface area contributed by atoms with Gasteiger partial charge in [-0.3, -0.25) is 4.79 Å². The maximum absolute atomic E-state index is 13.9. The number of rotatable bonds is 8. The zero-order valence-corrected chi connectivity index (χ0v) is 41.3. The minimum atomic E-state index is -4.79. The first-order valence-corrected chi connectivity index (χ1v) is 22.6. The lowest BCUT2D eigenvalue weighted by Gasteiger charge is -2.26. The number of methoxy groups -OCH3 is 4. The van der Waals surface area contributed by atoms with Gasteiger partial charge in [-0.05, 0) is 83.7 Å². The van der Waals surface area contributed by atoms with Crippen LogP contribution in [0.4, 0.5) is 26.3 Å². The zero-order chi connectivity index (χ0) is 53.3. The lowest BCUT2D eigenvalue weighted by Crippen LogP contribution is -2.36. The van der Waals surface area contributed by atoms with Crippen molar-refractivity contribution >= 4 is 29.9 Å². The molecule has 0 radical (unpaired) electrons. The smallest absolute Gasteiger partial charge is 0.398 e. The summed E-state index contributed by atoms with van der Waals surface area (Å²) in [6.07, 6.45) is -7.45. The number of alkyl halides is 6. The highest BCUT2D eigenvalue weighted by molar-refractivity contribution is 5.98. The van der Waals surface area contributed by atoms with Crippen LogP contribution < -0.4 is 18.9 Å². The second-order valence-corrected chi connectivity index (χ2v) is 17.8. The van der Waals surface area contributed by atoms with Crippen LogP contribution in [0.2, 0.25) is 0 Å². The minimum Gasteiger partial charge on any atom is -0.497 e. The van der Waals surface area contributed by atoms with Gasteiger partial charge in [0.2, 0.25) is 0 Å². The normalized spacial score (nSPS) is 28.9. The summed E-state index contributed by atoms with van der Waals surface area (Å²) in [6, 6.07) is 5.88. The number of halogens is 6. The second kappa shape index (κ2) is 25.2. The topological polar surface area (TPSA) is 182 Å². The number of hydrogen-bond acceptors (Lipinski definition) is 16. The van der Waals surface area contributed by atoms with Crippen molar-refractivity contribution in [2.24, 2.45) is 11.8 Å². The van der Waals surface area contributed by atoms with Gasteiger partial charge in [0, 0.05) is 26.4 Å². The summed E-state index contributed by atoms with van der Waals surface area (Å²) in [5, 5.41) is 10.7. The van der Waals surface area contributed by atoms with Gasteiger partial charge in [-0.1, -0.05) is 50.0 Å². The Kier molecular flexibility index (Phi) is 20.7. The lowest BCUT2D eigenvalue weighted by atomic mass is 9.97. The van der Waals surface area contributed by atoms with Crippen LogP contribution in [-0.4, -0.2) is 132 Å². The molecule has 4 heterocycles. The first-order chi connectivity index (χ1) is 33.7. The number of ketones is 1. The van der Waals surface area contributed by atoms with Crippen LogP contribution in [0.15, 0.2) is 60.7 Å². The van der Waals surface area contributed by atoms with Crippen molar-refractivity contribution in [3.63, 3.8) is 0 Å². The van der Waals surface area contributed by atoms with Crippen molar-refractivity contribution in [2.45, 2.75) is 128 Å². The van der Waals surface area contributed by atoms with Crippen molar-refractivity contribution in [1.29, 1.82) is 0 Å². The number of esters is 2. The second-order valence-electron chi connectivity index (χ2n) is 17.8. The van der Waals surface area contributed by atoms with Crippen LogP contribution >= 0.6 is 0 Å². The van der Waals surface area contributed by atoms with Gasteiger partial charge < -0.3 is 61.9 Å². The van der Waals surface area contributed by atoms with E-state index in [0.717, 1.165) is 32.1 Å². The van der Waals surface area contributed by atoms with Crippen LogP contribution in [-0.2, 0) is 42.7 Å². The molecule has 7 unspecified atom stereocenters. The molecule has 2 saturated heterocycles. The van der Waals surface area contributed by atoms with Crippen LogP contribution in [0.25, 0.3) is 12.2 Å². The molecule has 0 saturated carbocycles. The molecule has 4 aliphatic heterocycles. The molecule has 0 bridgehead atoms. The average molecular weight is 1050 g/mol. The van der Waals surface area contributed by atoms with Crippen LogP contribution in [0.1, 0.15) is 93.7 Å². The van der Waals surface area contributed by atoms with Crippen molar-refractivity contribution in [2.75, 3.05) is 42.0 Å². The van der Waals surface area contributed by atoms with Crippen molar-refractivity contribution in [3.8, 4) is 23.0 Å². The molecule has 2 aromatic carbocycles. The molecule has 0 aliphatic carbocycles. The summed E-state index contributed by atoms with van der Waals surface area (Å²) in [5.41, 5.74) is 0.381. The molecule has 0 amide bonds. The summed E-state index contributed by atoms with van der Waals surface area (Å²) in [7, 11) is 5.60. The van der Waals surface area contributed by atoms with E-state index in [4.69, 9.17) is 56.8 Å². The molecule has 2 fully saturated rings. The molecule has 9 atom stereocenters. The predicted octanol–water partition coefficient (Wildman–Crippen LogP) is 9.36. The summed E-state index contributed by atoms with van der Waals surface area (Å²) in [4.78, 5) is 39.1. The quantitative estimate of drug-likeness (QED) is 0.114. The van der Waals surface area contributed by atoms with Gasteiger partial charge in [0.25, 0.3) is 0 Å². The molecule has 6 rings (SSSR count). The Balaban J connectivity index is 0.000000312. The monoisotopic (exact) mass is 1050 g/mol. The molecule has 4 aliphatic rings. The van der Waals surface area contributed by atoms with Gasteiger partial charge in [0.05, 0.1) is 26.4 Å². The number of carbonyl (C=O) groups excluding carboxylic acids is 3. The zero-order valence-electron chi connectivity index (χ0n) is 41.3. The largest absolute Gasteiger partial charge is 0.497 e. The number of cyclic esters (lactones) is 2. The van der Waals surface area contributed by atoms with Crippen LogP contribution in [0.3, 0.4) is 0 Å². The Bertz CT molecular complexity index is 2340. The van der Waals surface area contributed by atoms with E-state index in [-0.39, 0.29) is 62.0 Å². The maximum atomic E-state index is 13.9. The molecule has 406 valence electrons. The number of aliphatic hydroxyl groups excluding tert-OH is 1. The number of hydrogen-bond donors (Lipinski definition) is 1. The third-order valence-electron chi connectivity index (χ3n) is 11.4. The Morgan fingerprint density at radius 3 is 1.51 bits per heavy atom. The van der Waals surface area contributed by atoms with Gasteiger partial charge in [-0.25, -0.2) is 9.59 Å². The molecular formula is C51H64F6O16. The van der Waals surface area contributed by atoms with Crippen LogP contribution in [0.5, 0.6) is 23.0 Å². The van der Waals surface area contributed by atoms with E-state index in [2.05, 4.69) is 0 Å². The maximum Gasteiger partial charge on any atom is 0.398 e. The number of ether oxygens (including phenoxy) is 12. The van der Waals surface area contributed by atoms with E-state index >= 15 is 0 Å². The summed E-state index contributed by atoms with van der Waals surface area (Å²) < 4.78 is 148. The number of benzene rings is 2. The van der Waals surface area contributed by atoms with Gasteiger partial charge in [-0.15, -0.1) is 0 Å². The Morgan fingerprint density at radius 1 is 0.616 bits per heavy atom. The van der Waals surface area contributed by atoms with Crippen molar-refractivity contribution in [1.82, 2.24) is 0 Å². The summed E-state index contributed by atoms with van der Waals surface area (Å²) in [6.45, 7) is 8.32. The SMILES string of the molecule is C.COCOc1cc(OC)cc2c1C(=O)OC(C)C(C(F)(F)F)/C=C\C(=O)C1OC(C)(C)O[C@H]1C/C=C/2.COCOc1cc(OC)cc2c1C(=O)OC(C)C(C(F)(F)F)/C=C\C(O)C1OC(C)(C)O[C@H]1C/C=C/2. The number of aliphatic hydroxyl groups is 1. The third-order valence-corrected chi connectivity index (χ3v) is 11.4. The van der Waals surface area contributed by atoms with Gasteiger partial charge in [0.15, 0.2) is 30.9 Å². The highest BCUT2D eigenvalue weighted by Gasteiger charge is 2.48. The molecule has 73 heavy (non-hydrogen) atoms. The van der Waals surface area contributed by atoms with E-state index in [1.54, 1.807) is 52.0 Å². The Labute approximate surface area is 420 Å². The van der Waals surface area contributed by atoms with E-state index in [0.29, 0.717) is 23.1 Å². The van der Waals surface area contributed by atoms with Gasteiger partial charge in [0.1, 0.15) is 76.5 Å². The molecule has 1 N–H and O–H groups in total. The minimum absolute atomic E-state index is 0. The highest BCUT2D eigenvalue weighted by Crippen LogP contribution is 2.40. The molecule has 0 spiro atoms. The fraction of sp³-hybridized carbons (Fsp3) is 0.549. The highest BCUT2D eigenvalue weighted by atomic mass is 19.4. The number of fused-ring (bicyclic) bond motifs is 4. The first kappa shape index (κ1) is 60.1. The fourth-order valence-electron chi connectivity index (χ4n) is 8.17. The molecule has 22 heteroatoms. The van der Waals surface area contributed by atoms with E-state index in [1.165, 1.54) is 52.7 Å². The molecular weight excluding hydrogens is 983 g/mol. The Hall–Kier alpha value is -5.49. The Morgan fingerprint density at radius 2 is 1.05 bits per heavy atom. The van der Waals surface area contributed by atoms with Gasteiger partial charge >= 0.3 is 24.3 Å².